The lowest BCUT2D eigenvalue weighted by Crippen LogP contribution is -2.39. The van der Waals surface area contributed by atoms with Crippen LogP contribution in [0.5, 0.6) is 0 Å². The minimum Gasteiger partial charge on any atom is -0.303 e. The topological polar surface area (TPSA) is 46.3 Å². The summed E-state index contributed by atoms with van der Waals surface area (Å²) in [5.41, 5.74) is 0. The van der Waals surface area contributed by atoms with E-state index in [1.807, 2.05) is 0 Å². The van der Waals surface area contributed by atoms with E-state index in [4.69, 9.17) is 5.84 Å². The van der Waals surface area contributed by atoms with E-state index in [0.717, 1.165) is 32.2 Å². The van der Waals surface area contributed by atoms with Crippen LogP contribution in [0.4, 0.5) is 0 Å². The maximum atomic E-state index is 10.2. The van der Waals surface area contributed by atoms with Crippen LogP contribution >= 0.6 is 0 Å². The van der Waals surface area contributed by atoms with Crippen LogP contribution in [0.25, 0.3) is 0 Å². The minimum atomic E-state index is 0.268. The van der Waals surface area contributed by atoms with Crippen molar-refractivity contribution in [1.29, 1.82) is 0 Å². The number of nitrogens with zero attached hydrogens (tertiary/aromatic N) is 1. The quantitative estimate of drug-likeness (QED) is 0.392. The zero-order valence-electron chi connectivity index (χ0n) is 5.42. The molecule has 0 radical (unpaired) electrons. The monoisotopic (exact) mass is 128 g/mol. The van der Waals surface area contributed by atoms with E-state index in [1.54, 1.807) is 5.01 Å². The third-order valence-electron chi connectivity index (χ3n) is 1.77. The average molecular weight is 128 g/mol. The summed E-state index contributed by atoms with van der Waals surface area (Å²) in [4.78, 5) is 10.2. The Kier molecular flexibility index (Phi) is 2.19. The standard InChI is InChI=1S/C6H12N2O/c7-8-3-1-6(5-9)2-4-8/h5-6H,1-4,7H2. The van der Waals surface area contributed by atoms with E-state index >= 15 is 0 Å². The molecule has 2 N–H and O–H groups in total. The van der Waals surface area contributed by atoms with Gasteiger partial charge in [0.1, 0.15) is 6.29 Å². The van der Waals surface area contributed by atoms with Gasteiger partial charge in [-0.05, 0) is 12.8 Å². The average Bonchev–Trinajstić information content (AvgIpc) is 1.90. The molecule has 0 aromatic rings. The van der Waals surface area contributed by atoms with Gasteiger partial charge in [0.25, 0.3) is 0 Å². The number of hydrogen-bond donors (Lipinski definition) is 1. The first-order valence-electron chi connectivity index (χ1n) is 3.28. The summed E-state index contributed by atoms with van der Waals surface area (Å²) in [6, 6.07) is 0. The summed E-state index contributed by atoms with van der Waals surface area (Å²) in [7, 11) is 0. The van der Waals surface area contributed by atoms with Crippen LogP contribution in [-0.4, -0.2) is 24.4 Å². The molecule has 1 heterocycles. The van der Waals surface area contributed by atoms with Gasteiger partial charge in [-0.15, -0.1) is 0 Å². The second kappa shape index (κ2) is 2.94. The predicted octanol–water partition coefficient (Wildman–Crippen LogP) is -0.229. The van der Waals surface area contributed by atoms with E-state index < -0.39 is 0 Å². The molecule has 0 saturated carbocycles. The number of piperidine rings is 1. The van der Waals surface area contributed by atoms with E-state index in [-0.39, 0.29) is 5.92 Å². The number of aldehydes is 1. The van der Waals surface area contributed by atoms with E-state index in [1.165, 1.54) is 0 Å². The van der Waals surface area contributed by atoms with Crippen LogP contribution < -0.4 is 5.84 Å². The van der Waals surface area contributed by atoms with E-state index in [9.17, 15) is 4.79 Å². The fraction of sp³-hybridized carbons (Fsp3) is 0.833. The summed E-state index contributed by atoms with van der Waals surface area (Å²) in [6.45, 7) is 1.73. The minimum absolute atomic E-state index is 0.268. The molecule has 0 aromatic carbocycles. The Morgan fingerprint density at radius 1 is 1.44 bits per heavy atom. The SMILES string of the molecule is NN1CCC(C=O)CC1. The third-order valence-corrected chi connectivity index (χ3v) is 1.77. The van der Waals surface area contributed by atoms with Crippen molar-refractivity contribution in [3.05, 3.63) is 0 Å². The molecule has 1 saturated heterocycles. The Labute approximate surface area is 54.8 Å². The molecule has 0 unspecified atom stereocenters. The highest BCUT2D eigenvalue weighted by Gasteiger charge is 2.15. The third kappa shape index (κ3) is 1.77. The lowest BCUT2D eigenvalue weighted by molar-refractivity contribution is -0.112. The normalized spacial score (nSPS) is 24.1. The Morgan fingerprint density at radius 3 is 2.44 bits per heavy atom. The first kappa shape index (κ1) is 6.71. The molecule has 52 valence electrons. The van der Waals surface area contributed by atoms with Gasteiger partial charge in [0, 0.05) is 19.0 Å². The zero-order valence-corrected chi connectivity index (χ0v) is 5.42. The molecule has 1 rings (SSSR count). The first-order valence-corrected chi connectivity index (χ1v) is 3.28. The molecule has 0 spiro atoms. The molecule has 1 aliphatic rings. The highest BCUT2D eigenvalue weighted by molar-refractivity contribution is 5.53. The van der Waals surface area contributed by atoms with Crippen molar-refractivity contribution in [3.8, 4) is 0 Å². The molecular formula is C6H12N2O. The molecule has 0 atom stereocenters. The molecular weight excluding hydrogens is 116 g/mol. The van der Waals surface area contributed by atoms with Crippen molar-refractivity contribution < 1.29 is 4.79 Å². The Balaban J connectivity index is 2.26. The predicted molar refractivity (Wildman–Crippen MR) is 34.5 cm³/mol. The second-order valence-corrected chi connectivity index (χ2v) is 2.51. The highest BCUT2D eigenvalue weighted by atomic mass is 16.1. The van der Waals surface area contributed by atoms with Crippen LogP contribution in [0.3, 0.4) is 0 Å². The fourth-order valence-corrected chi connectivity index (χ4v) is 1.06. The number of hydrazine groups is 1. The molecule has 1 fully saturated rings. The van der Waals surface area contributed by atoms with Gasteiger partial charge < -0.3 is 4.79 Å². The van der Waals surface area contributed by atoms with Gasteiger partial charge in [0.15, 0.2) is 0 Å². The lowest BCUT2D eigenvalue weighted by atomic mass is 10.00. The number of nitrogens with two attached hydrogens (primary N) is 1. The summed E-state index contributed by atoms with van der Waals surface area (Å²) in [5, 5.41) is 1.76. The molecule has 9 heavy (non-hydrogen) atoms. The first-order chi connectivity index (χ1) is 4.33. The molecule has 0 aliphatic carbocycles. The molecule has 0 amide bonds. The maximum absolute atomic E-state index is 10.2. The van der Waals surface area contributed by atoms with Crippen LogP contribution in [0.1, 0.15) is 12.8 Å². The van der Waals surface area contributed by atoms with Crippen LogP contribution in [-0.2, 0) is 4.79 Å². The van der Waals surface area contributed by atoms with Crippen LogP contribution in [0, 0.1) is 5.92 Å². The van der Waals surface area contributed by atoms with Crippen molar-refractivity contribution in [3.63, 3.8) is 0 Å². The van der Waals surface area contributed by atoms with Gasteiger partial charge in [-0.2, -0.15) is 0 Å². The lowest BCUT2D eigenvalue weighted by Gasteiger charge is -2.24. The van der Waals surface area contributed by atoms with Gasteiger partial charge >= 0.3 is 0 Å². The Bertz CT molecular complexity index is 97.2. The van der Waals surface area contributed by atoms with Gasteiger partial charge in [-0.1, -0.05) is 0 Å². The summed E-state index contributed by atoms with van der Waals surface area (Å²) in [5.74, 6) is 5.74. The molecule has 3 nitrogen and oxygen atoms in total. The zero-order chi connectivity index (χ0) is 6.69. The van der Waals surface area contributed by atoms with Gasteiger partial charge in [-0.3, -0.25) is 5.84 Å². The summed E-state index contributed by atoms with van der Waals surface area (Å²) >= 11 is 0. The van der Waals surface area contributed by atoms with Crippen molar-refractivity contribution in [2.75, 3.05) is 13.1 Å². The molecule has 0 aromatic heterocycles. The van der Waals surface area contributed by atoms with Crippen LogP contribution in [0.15, 0.2) is 0 Å². The Hall–Kier alpha value is -0.410. The number of rotatable bonds is 1. The van der Waals surface area contributed by atoms with Crippen molar-refractivity contribution in [2.45, 2.75) is 12.8 Å². The van der Waals surface area contributed by atoms with E-state index in [0.29, 0.717) is 0 Å². The largest absolute Gasteiger partial charge is 0.303 e. The molecule has 3 heteroatoms. The number of carbonyl (C=O) groups excluding carboxylic acids is 1. The highest BCUT2D eigenvalue weighted by Crippen LogP contribution is 2.11. The van der Waals surface area contributed by atoms with Crippen molar-refractivity contribution >= 4 is 6.29 Å². The van der Waals surface area contributed by atoms with Gasteiger partial charge in [0.2, 0.25) is 0 Å². The summed E-state index contributed by atoms with van der Waals surface area (Å²) in [6.07, 6.45) is 2.90. The van der Waals surface area contributed by atoms with Crippen LogP contribution in [0.2, 0.25) is 0 Å². The van der Waals surface area contributed by atoms with Crippen molar-refractivity contribution in [1.82, 2.24) is 5.01 Å². The molecule has 1 aliphatic heterocycles. The van der Waals surface area contributed by atoms with Crippen molar-refractivity contribution in [2.24, 2.45) is 11.8 Å². The maximum Gasteiger partial charge on any atom is 0.123 e. The Morgan fingerprint density at radius 2 is 2.00 bits per heavy atom. The second-order valence-electron chi connectivity index (χ2n) is 2.51. The molecule has 0 bridgehead atoms. The fourth-order valence-electron chi connectivity index (χ4n) is 1.06. The smallest absolute Gasteiger partial charge is 0.123 e. The number of carbonyl (C=O) groups is 1. The summed E-state index contributed by atoms with van der Waals surface area (Å²) < 4.78 is 0. The number of hydrogen-bond acceptors (Lipinski definition) is 3. The van der Waals surface area contributed by atoms with E-state index in [2.05, 4.69) is 0 Å². The van der Waals surface area contributed by atoms with Gasteiger partial charge in [-0.25, -0.2) is 5.01 Å². The van der Waals surface area contributed by atoms with Gasteiger partial charge in [0.05, 0.1) is 0 Å².